The molecule has 1 heterocycles. The molecule has 0 radical (unpaired) electrons. The molecule has 0 saturated carbocycles. The fraction of sp³-hybridized carbons (Fsp3) is 0.125. The van der Waals surface area contributed by atoms with Crippen LogP contribution >= 0.6 is 11.6 Å². The number of oxazole rings is 1. The first-order valence-corrected chi connectivity index (χ1v) is 10.1. The van der Waals surface area contributed by atoms with Gasteiger partial charge in [0.2, 0.25) is 5.91 Å². The van der Waals surface area contributed by atoms with Crippen LogP contribution in [0.2, 0.25) is 5.02 Å². The summed E-state index contributed by atoms with van der Waals surface area (Å²) >= 11 is 6.16. The molecule has 1 aromatic heterocycles. The standard InChI is InChI=1S/C24H20ClN3O3/c1-15-26-21-13-17(11-12-22(21)31-15)27-23(29)14-20(16-7-3-2-4-8-16)28-24(30)18-9-5-6-10-19(18)25/h2-13,20H,14H2,1H3,(H,27,29)(H,28,30)/t20-/m1/s1. The number of aryl methyl sites for hydroxylation is 1. The van der Waals surface area contributed by atoms with E-state index in [0.717, 1.165) is 5.56 Å². The minimum absolute atomic E-state index is 0.0517. The van der Waals surface area contributed by atoms with Gasteiger partial charge in [0.1, 0.15) is 5.52 Å². The number of halogens is 1. The van der Waals surface area contributed by atoms with E-state index in [1.165, 1.54) is 0 Å². The van der Waals surface area contributed by atoms with E-state index in [0.29, 0.717) is 33.3 Å². The molecule has 6 nitrogen and oxygen atoms in total. The first-order valence-electron chi connectivity index (χ1n) is 9.77. The molecule has 0 aliphatic carbocycles. The van der Waals surface area contributed by atoms with Crippen LogP contribution in [0.4, 0.5) is 5.69 Å². The van der Waals surface area contributed by atoms with Gasteiger partial charge in [-0.3, -0.25) is 9.59 Å². The van der Waals surface area contributed by atoms with Crippen LogP contribution in [0.25, 0.3) is 11.1 Å². The van der Waals surface area contributed by atoms with Gasteiger partial charge in [0.15, 0.2) is 11.5 Å². The van der Waals surface area contributed by atoms with Crippen molar-refractivity contribution in [1.29, 1.82) is 0 Å². The van der Waals surface area contributed by atoms with Crippen LogP contribution in [0.5, 0.6) is 0 Å². The van der Waals surface area contributed by atoms with E-state index in [9.17, 15) is 9.59 Å². The number of amides is 2. The average molecular weight is 434 g/mol. The van der Waals surface area contributed by atoms with Crippen LogP contribution in [0.15, 0.2) is 77.2 Å². The molecule has 0 saturated heterocycles. The maximum atomic E-state index is 12.8. The van der Waals surface area contributed by atoms with Gasteiger partial charge in [-0.25, -0.2) is 4.98 Å². The Morgan fingerprint density at radius 3 is 2.55 bits per heavy atom. The maximum Gasteiger partial charge on any atom is 0.253 e. The Bertz CT molecular complexity index is 1240. The lowest BCUT2D eigenvalue weighted by Crippen LogP contribution is -2.31. The third-order valence-corrected chi connectivity index (χ3v) is 5.12. The first kappa shape index (κ1) is 20.6. The summed E-state index contributed by atoms with van der Waals surface area (Å²) in [6.07, 6.45) is 0.0517. The number of carbonyl (C=O) groups is 2. The number of rotatable bonds is 6. The zero-order valence-electron chi connectivity index (χ0n) is 16.8. The molecular formula is C24H20ClN3O3. The molecule has 0 unspecified atom stereocenters. The summed E-state index contributed by atoms with van der Waals surface area (Å²) in [7, 11) is 0. The van der Waals surface area contributed by atoms with Gasteiger partial charge in [0.05, 0.1) is 23.0 Å². The quantitative estimate of drug-likeness (QED) is 0.432. The molecule has 0 spiro atoms. The topological polar surface area (TPSA) is 84.2 Å². The molecule has 156 valence electrons. The second-order valence-electron chi connectivity index (χ2n) is 7.08. The third kappa shape index (κ3) is 4.92. The lowest BCUT2D eigenvalue weighted by molar-refractivity contribution is -0.116. The van der Waals surface area contributed by atoms with Crippen molar-refractivity contribution < 1.29 is 14.0 Å². The van der Waals surface area contributed by atoms with Gasteiger partial charge in [-0.05, 0) is 35.9 Å². The number of aromatic nitrogens is 1. The Morgan fingerprint density at radius 2 is 1.77 bits per heavy atom. The van der Waals surface area contributed by atoms with Crippen LogP contribution < -0.4 is 10.6 Å². The summed E-state index contributed by atoms with van der Waals surface area (Å²) in [4.78, 5) is 29.9. The number of hydrogen-bond acceptors (Lipinski definition) is 4. The molecule has 1 atom stereocenters. The molecule has 0 aliphatic heterocycles. The number of fused-ring (bicyclic) bond motifs is 1. The number of benzene rings is 3. The molecule has 2 amide bonds. The Labute approximate surface area is 184 Å². The van der Waals surface area contributed by atoms with Gasteiger partial charge < -0.3 is 15.1 Å². The molecule has 4 aromatic rings. The number of anilines is 1. The smallest absolute Gasteiger partial charge is 0.253 e. The lowest BCUT2D eigenvalue weighted by atomic mass is 10.0. The van der Waals surface area contributed by atoms with Crippen LogP contribution in [-0.2, 0) is 4.79 Å². The van der Waals surface area contributed by atoms with Crippen molar-refractivity contribution in [3.8, 4) is 0 Å². The monoisotopic (exact) mass is 433 g/mol. The van der Waals surface area contributed by atoms with Crippen molar-refractivity contribution >= 4 is 40.2 Å². The van der Waals surface area contributed by atoms with E-state index in [1.807, 2.05) is 30.3 Å². The first-order chi connectivity index (χ1) is 15.0. The molecule has 7 heteroatoms. The highest BCUT2D eigenvalue weighted by Gasteiger charge is 2.20. The Hall–Kier alpha value is -3.64. The molecule has 31 heavy (non-hydrogen) atoms. The van der Waals surface area contributed by atoms with Crippen LogP contribution in [0.1, 0.15) is 34.3 Å². The lowest BCUT2D eigenvalue weighted by Gasteiger charge is -2.19. The maximum absolute atomic E-state index is 12.8. The number of nitrogens with zero attached hydrogens (tertiary/aromatic N) is 1. The van der Waals surface area contributed by atoms with Gasteiger partial charge in [-0.1, -0.05) is 54.1 Å². The van der Waals surface area contributed by atoms with Gasteiger partial charge in [-0.2, -0.15) is 0 Å². The number of nitrogens with one attached hydrogen (secondary N) is 2. The normalized spacial score (nSPS) is 11.8. The molecular weight excluding hydrogens is 414 g/mol. The van der Waals surface area contributed by atoms with Gasteiger partial charge in [0, 0.05) is 12.6 Å². The van der Waals surface area contributed by atoms with Crippen molar-refractivity contribution in [2.75, 3.05) is 5.32 Å². The second kappa shape index (κ2) is 9.02. The minimum Gasteiger partial charge on any atom is -0.441 e. The average Bonchev–Trinajstić information content (AvgIpc) is 3.13. The fourth-order valence-electron chi connectivity index (χ4n) is 3.34. The van der Waals surface area contributed by atoms with Crippen molar-refractivity contribution in [2.45, 2.75) is 19.4 Å². The molecule has 0 bridgehead atoms. The van der Waals surface area contributed by atoms with E-state index >= 15 is 0 Å². The molecule has 3 aromatic carbocycles. The highest BCUT2D eigenvalue weighted by atomic mass is 35.5. The Balaban J connectivity index is 1.51. The number of hydrogen-bond donors (Lipinski definition) is 2. The summed E-state index contributed by atoms with van der Waals surface area (Å²) in [6.45, 7) is 1.77. The summed E-state index contributed by atoms with van der Waals surface area (Å²) in [5.74, 6) is -0.0236. The highest BCUT2D eigenvalue weighted by Crippen LogP contribution is 2.23. The number of carbonyl (C=O) groups excluding carboxylic acids is 2. The van der Waals surface area contributed by atoms with Gasteiger partial charge in [-0.15, -0.1) is 0 Å². The summed E-state index contributed by atoms with van der Waals surface area (Å²) in [5.41, 5.74) is 3.11. The van der Waals surface area contributed by atoms with Crippen LogP contribution in [-0.4, -0.2) is 16.8 Å². The zero-order chi connectivity index (χ0) is 21.8. The third-order valence-electron chi connectivity index (χ3n) is 4.79. The van der Waals surface area contributed by atoms with Crippen LogP contribution in [0.3, 0.4) is 0 Å². The van der Waals surface area contributed by atoms with Crippen molar-refractivity contribution in [3.63, 3.8) is 0 Å². The van der Waals surface area contributed by atoms with E-state index in [-0.39, 0.29) is 18.2 Å². The largest absolute Gasteiger partial charge is 0.441 e. The van der Waals surface area contributed by atoms with E-state index in [2.05, 4.69) is 15.6 Å². The second-order valence-corrected chi connectivity index (χ2v) is 7.49. The van der Waals surface area contributed by atoms with Gasteiger partial charge in [0.25, 0.3) is 5.91 Å². The molecule has 4 rings (SSSR count). The predicted molar refractivity (Wildman–Crippen MR) is 120 cm³/mol. The molecule has 0 aliphatic rings. The fourth-order valence-corrected chi connectivity index (χ4v) is 3.56. The summed E-state index contributed by atoms with van der Waals surface area (Å²) < 4.78 is 5.46. The van der Waals surface area contributed by atoms with Crippen molar-refractivity contribution in [1.82, 2.24) is 10.3 Å². The van der Waals surface area contributed by atoms with E-state index in [4.69, 9.17) is 16.0 Å². The minimum atomic E-state index is -0.525. The Kier molecular flexibility index (Phi) is 6.00. The van der Waals surface area contributed by atoms with Crippen LogP contribution in [0, 0.1) is 6.92 Å². The SMILES string of the molecule is Cc1nc2cc(NC(=O)C[C@@H](NC(=O)c3ccccc3Cl)c3ccccc3)ccc2o1. The van der Waals surface area contributed by atoms with E-state index < -0.39 is 6.04 Å². The van der Waals surface area contributed by atoms with Gasteiger partial charge >= 0.3 is 0 Å². The highest BCUT2D eigenvalue weighted by molar-refractivity contribution is 6.33. The molecule has 2 N–H and O–H groups in total. The van der Waals surface area contributed by atoms with Crippen molar-refractivity contribution in [3.05, 3.63) is 94.8 Å². The Morgan fingerprint density at radius 1 is 1.03 bits per heavy atom. The molecule has 0 fully saturated rings. The summed E-state index contributed by atoms with van der Waals surface area (Å²) in [5, 5.41) is 6.15. The predicted octanol–water partition coefficient (Wildman–Crippen LogP) is 5.29. The van der Waals surface area contributed by atoms with Crippen molar-refractivity contribution in [2.24, 2.45) is 0 Å². The summed E-state index contributed by atoms with van der Waals surface area (Å²) in [6, 6.07) is 20.9. The van der Waals surface area contributed by atoms with E-state index in [1.54, 1.807) is 49.4 Å². The zero-order valence-corrected chi connectivity index (χ0v) is 17.5.